The average Bonchev–Trinajstić information content (AvgIpc) is 2.40. The van der Waals surface area contributed by atoms with Gasteiger partial charge in [-0.05, 0) is 43.0 Å². The fourth-order valence-corrected chi connectivity index (χ4v) is 2.66. The number of amides is 1. The molecule has 0 saturated carbocycles. The zero-order valence-corrected chi connectivity index (χ0v) is 11.6. The van der Waals surface area contributed by atoms with Crippen molar-refractivity contribution in [2.45, 2.75) is 20.3 Å². The van der Waals surface area contributed by atoms with Gasteiger partial charge < -0.3 is 10.0 Å². The number of nitrogens with zero attached hydrogens (tertiary/aromatic N) is 1. The first-order chi connectivity index (χ1) is 9.40. The van der Waals surface area contributed by atoms with Crippen molar-refractivity contribution in [3.63, 3.8) is 0 Å². The number of carboxylic acid groups (broad SMARTS) is 1. The van der Waals surface area contributed by atoms with E-state index >= 15 is 0 Å². The molecule has 2 rings (SSSR count). The summed E-state index contributed by atoms with van der Waals surface area (Å²) in [7, 11) is 0. The van der Waals surface area contributed by atoms with Crippen molar-refractivity contribution in [3.05, 3.63) is 35.1 Å². The minimum Gasteiger partial charge on any atom is -0.481 e. The van der Waals surface area contributed by atoms with E-state index in [0.29, 0.717) is 30.6 Å². The number of hydrogen-bond acceptors (Lipinski definition) is 2. The summed E-state index contributed by atoms with van der Waals surface area (Å²) in [6, 6.07) is 4.29. The van der Waals surface area contributed by atoms with Crippen molar-refractivity contribution in [1.29, 1.82) is 0 Å². The molecule has 0 bridgehead atoms. The summed E-state index contributed by atoms with van der Waals surface area (Å²) in [5, 5.41) is 9.07. The van der Waals surface area contributed by atoms with Crippen molar-refractivity contribution in [3.8, 4) is 0 Å². The molecule has 1 heterocycles. The lowest BCUT2D eigenvalue weighted by molar-refractivity contribution is -0.145. The molecule has 108 valence electrons. The van der Waals surface area contributed by atoms with E-state index in [1.165, 1.54) is 18.2 Å². The Hall–Kier alpha value is -1.91. The normalized spacial score (nSPS) is 22.6. The van der Waals surface area contributed by atoms with E-state index in [9.17, 15) is 14.0 Å². The number of aliphatic carboxylic acids is 1. The predicted octanol–water partition coefficient (Wildman–Crippen LogP) is 2.32. The number of piperidine rings is 1. The number of benzene rings is 1. The summed E-state index contributed by atoms with van der Waals surface area (Å²) in [5.74, 6) is -1.77. The van der Waals surface area contributed by atoms with Crippen molar-refractivity contribution in [2.24, 2.45) is 11.8 Å². The van der Waals surface area contributed by atoms with Crippen LogP contribution in [0.25, 0.3) is 0 Å². The summed E-state index contributed by atoms with van der Waals surface area (Å²) >= 11 is 0. The van der Waals surface area contributed by atoms with Gasteiger partial charge in [-0.1, -0.05) is 6.92 Å². The second-order valence-electron chi connectivity index (χ2n) is 5.43. The molecule has 1 aliphatic heterocycles. The first kappa shape index (κ1) is 14.5. The highest BCUT2D eigenvalue weighted by molar-refractivity contribution is 5.94. The zero-order valence-electron chi connectivity index (χ0n) is 11.6. The van der Waals surface area contributed by atoms with Gasteiger partial charge >= 0.3 is 5.97 Å². The Labute approximate surface area is 117 Å². The quantitative estimate of drug-likeness (QED) is 0.903. The molecule has 0 spiro atoms. The van der Waals surface area contributed by atoms with E-state index in [0.717, 1.165) is 0 Å². The van der Waals surface area contributed by atoms with Crippen LogP contribution in [0.15, 0.2) is 18.2 Å². The van der Waals surface area contributed by atoms with Gasteiger partial charge in [0.2, 0.25) is 0 Å². The first-order valence-electron chi connectivity index (χ1n) is 6.68. The fraction of sp³-hybridized carbons (Fsp3) is 0.467. The monoisotopic (exact) mass is 279 g/mol. The van der Waals surface area contributed by atoms with Gasteiger partial charge in [0.25, 0.3) is 5.91 Å². The average molecular weight is 279 g/mol. The molecule has 1 amide bonds. The number of hydrogen-bond donors (Lipinski definition) is 1. The van der Waals surface area contributed by atoms with E-state index < -0.39 is 11.9 Å². The molecule has 4 nitrogen and oxygen atoms in total. The highest BCUT2D eigenvalue weighted by Crippen LogP contribution is 2.25. The summed E-state index contributed by atoms with van der Waals surface area (Å²) in [5.41, 5.74) is 0.884. The number of halogens is 1. The molecule has 1 aromatic carbocycles. The van der Waals surface area contributed by atoms with Crippen molar-refractivity contribution in [2.75, 3.05) is 13.1 Å². The van der Waals surface area contributed by atoms with Crippen LogP contribution in [0.5, 0.6) is 0 Å². The van der Waals surface area contributed by atoms with Crippen molar-refractivity contribution < 1.29 is 19.1 Å². The highest BCUT2D eigenvalue weighted by atomic mass is 19.1. The molecular formula is C15H18FNO3. The second kappa shape index (κ2) is 5.61. The summed E-state index contributed by atoms with van der Waals surface area (Å²) in [4.78, 5) is 25.0. The van der Waals surface area contributed by atoms with Crippen molar-refractivity contribution in [1.82, 2.24) is 4.90 Å². The van der Waals surface area contributed by atoms with Crippen LogP contribution in [0.4, 0.5) is 4.39 Å². The van der Waals surface area contributed by atoms with E-state index in [2.05, 4.69) is 0 Å². The number of carbonyl (C=O) groups is 2. The molecule has 1 aliphatic rings. The molecule has 1 fully saturated rings. The lowest BCUT2D eigenvalue weighted by Gasteiger charge is -2.35. The third-order valence-corrected chi connectivity index (χ3v) is 3.91. The van der Waals surface area contributed by atoms with Gasteiger partial charge in [-0.2, -0.15) is 0 Å². The Morgan fingerprint density at radius 1 is 1.40 bits per heavy atom. The van der Waals surface area contributed by atoms with E-state index in [4.69, 9.17) is 5.11 Å². The van der Waals surface area contributed by atoms with E-state index in [-0.39, 0.29) is 17.6 Å². The smallest absolute Gasteiger partial charge is 0.306 e. The van der Waals surface area contributed by atoms with Gasteiger partial charge in [0, 0.05) is 18.7 Å². The second-order valence-corrected chi connectivity index (χ2v) is 5.43. The molecule has 2 unspecified atom stereocenters. The van der Waals surface area contributed by atoms with Crippen LogP contribution in [-0.4, -0.2) is 35.0 Å². The van der Waals surface area contributed by atoms with Crippen LogP contribution in [0.1, 0.15) is 29.3 Å². The lowest BCUT2D eigenvalue weighted by atomic mass is 9.87. The molecule has 1 aromatic rings. The standard InChI is InChI=1S/C15H18FNO3/c1-9-7-11(3-4-13(9)16)14(18)17-6-5-12(15(19)20)10(2)8-17/h3-4,7,10,12H,5-6,8H2,1-2H3,(H,19,20). The van der Waals surface area contributed by atoms with Crippen LogP contribution in [-0.2, 0) is 4.79 Å². The number of rotatable bonds is 2. The predicted molar refractivity (Wildman–Crippen MR) is 71.9 cm³/mol. The molecule has 1 N–H and O–H groups in total. The van der Waals surface area contributed by atoms with Gasteiger partial charge in [0.15, 0.2) is 0 Å². The van der Waals surface area contributed by atoms with Gasteiger partial charge in [0.05, 0.1) is 5.92 Å². The third kappa shape index (κ3) is 2.81. The molecule has 5 heteroatoms. The maximum atomic E-state index is 13.2. The zero-order chi connectivity index (χ0) is 14.9. The summed E-state index contributed by atoms with van der Waals surface area (Å²) in [6.07, 6.45) is 0.461. The third-order valence-electron chi connectivity index (χ3n) is 3.91. The Morgan fingerprint density at radius 2 is 2.10 bits per heavy atom. The Bertz CT molecular complexity index is 544. The molecule has 0 aliphatic carbocycles. The SMILES string of the molecule is Cc1cc(C(=O)N2CCC(C(=O)O)C(C)C2)ccc1F. The molecule has 0 radical (unpaired) electrons. The minimum absolute atomic E-state index is 0.0771. The van der Waals surface area contributed by atoms with Crippen LogP contribution >= 0.6 is 0 Å². The number of carboxylic acids is 1. The summed E-state index contributed by atoms with van der Waals surface area (Å²) in [6.45, 7) is 4.31. The van der Waals surface area contributed by atoms with Gasteiger partial charge in [-0.15, -0.1) is 0 Å². The van der Waals surface area contributed by atoms with Gasteiger partial charge in [-0.25, -0.2) is 4.39 Å². The lowest BCUT2D eigenvalue weighted by Crippen LogP contribution is -2.45. The fourth-order valence-electron chi connectivity index (χ4n) is 2.66. The molecule has 1 saturated heterocycles. The van der Waals surface area contributed by atoms with Crippen LogP contribution < -0.4 is 0 Å². The molecule has 0 aromatic heterocycles. The molecular weight excluding hydrogens is 261 g/mol. The number of aryl methyl sites for hydroxylation is 1. The van der Waals surface area contributed by atoms with Crippen molar-refractivity contribution >= 4 is 11.9 Å². The Balaban J connectivity index is 2.11. The van der Waals surface area contributed by atoms with E-state index in [1.807, 2.05) is 6.92 Å². The number of carbonyl (C=O) groups excluding carboxylic acids is 1. The first-order valence-corrected chi connectivity index (χ1v) is 6.68. The minimum atomic E-state index is -0.803. The number of likely N-dealkylation sites (tertiary alicyclic amines) is 1. The summed E-state index contributed by atoms with van der Waals surface area (Å²) < 4.78 is 13.2. The maximum Gasteiger partial charge on any atom is 0.306 e. The largest absolute Gasteiger partial charge is 0.481 e. The molecule has 2 atom stereocenters. The Morgan fingerprint density at radius 3 is 2.65 bits per heavy atom. The van der Waals surface area contributed by atoms with Crippen LogP contribution in [0.3, 0.4) is 0 Å². The topological polar surface area (TPSA) is 57.6 Å². The van der Waals surface area contributed by atoms with Gasteiger partial charge in [0.1, 0.15) is 5.82 Å². The van der Waals surface area contributed by atoms with E-state index in [1.54, 1.807) is 11.8 Å². The Kier molecular flexibility index (Phi) is 4.06. The highest BCUT2D eigenvalue weighted by Gasteiger charge is 2.33. The van der Waals surface area contributed by atoms with Gasteiger partial charge in [-0.3, -0.25) is 9.59 Å². The maximum absolute atomic E-state index is 13.2. The molecule has 20 heavy (non-hydrogen) atoms. The van der Waals surface area contributed by atoms with Crippen LogP contribution in [0.2, 0.25) is 0 Å². The van der Waals surface area contributed by atoms with Crippen LogP contribution in [0, 0.1) is 24.6 Å².